The number of carbonyl (C=O) groups is 1. The zero-order valence-electron chi connectivity index (χ0n) is 12.9. The highest BCUT2D eigenvalue weighted by Crippen LogP contribution is 2.25. The number of nitrogens with zero attached hydrogens (tertiary/aromatic N) is 2. The molecule has 0 bridgehead atoms. The average Bonchev–Trinajstić information content (AvgIpc) is 2.47. The van der Waals surface area contributed by atoms with Crippen LogP contribution in [0.2, 0.25) is 5.02 Å². The highest BCUT2D eigenvalue weighted by Gasteiger charge is 2.18. The van der Waals surface area contributed by atoms with Crippen molar-refractivity contribution in [2.75, 3.05) is 37.6 Å². The number of carboxylic acid groups (broad SMARTS) is 1. The van der Waals surface area contributed by atoms with Crippen LogP contribution in [0.5, 0.6) is 0 Å². The van der Waals surface area contributed by atoms with E-state index in [0.29, 0.717) is 0 Å². The lowest BCUT2D eigenvalue weighted by molar-refractivity contribution is -0.137. The van der Waals surface area contributed by atoms with E-state index in [0.717, 1.165) is 50.6 Å². The van der Waals surface area contributed by atoms with Crippen LogP contribution < -0.4 is 4.90 Å². The van der Waals surface area contributed by atoms with E-state index in [1.807, 2.05) is 12.1 Å². The van der Waals surface area contributed by atoms with Gasteiger partial charge in [-0.15, -0.1) is 12.4 Å². The summed E-state index contributed by atoms with van der Waals surface area (Å²) in [5.74, 6) is -0.698. The highest BCUT2D eigenvalue weighted by molar-refractivity contribution is 6.30. The molecule has 1 aliphatic rings. The van der Waals surface area contributed by atoms with Crippen molar-refractivity contribution in [2.24, 2.45) is 0 Å². The molecule has 22 heavy (non-hydrogen) atoms. The lowest BCUT2D eigenvalue weighted by Gasteiger charge is -2.36. The van der Waals surface area contributed by atoms with Crippen molar-refractivity contribution in [1.82, 2.24) is 4.90 Å². The number of hydrogen-bond acceptors (Lipinski definition) is 3. The van der Waals surface area contributed by atoms with E-state index in [1.54, 1.807) is 0 Å². The number of aliphatic carboxylic acids is 1. The second kappa shape index (κ2) is 9.23. The summed E-state index contributed by atoms with van der Waals surface area (Å²) < 4.78 is 0. The summed E-state index contributed by atoms with van der Waals surface area (Å²) in [5.41, 5.74) is 2.49. The third-order valence-electron chi connectivity index (χ3n) is 4.00. The Bertz CT molecular complexity index is 489. The van der Waals surface area contributed by atoms with E-state index in [2.05, 4.69) is 22.8 Å². The Hall–Kier alpha value is -0.970. The summed E-state index contributed by atoms with van der Waals surface area (Å²) in [4.78, 5) is 15.3. The van der Waals surface area contributed by atoms with Crippen LogP contribution in [0.3, 0.4) is 0 Å². The van der Waals surface area contributed by atoms with Crippen LogP contribution in [-0.2, 0) is 4.79 Å². The molecule has 1 fully saturated rings. The van der Waals surface area contributed by atoms with Crippen LogP contribution in [0.4, 0.5) is 5.69 Å². The van der Waals surface area contributed by atoms with Gasteiger partial charge in [-0.05, 0) is 44.0 Å². The largest absolute Gasteiger partial charge is 0.481 e. The molecule has 0 saturated carbocycles. The van der Waals surface area contributed by atoms with E-state index in [9.17, 15) is 4.79 Å². The predicted molar refractivity (Wildman–Crippen MR) is 93.6 cm³/mol. The number of unbranched alkanes of at least 4 members (excludes halogenated alkanes) is 1. The Kier molecular flexibility index (Phi) is 8.01. The van der Waals surface area contributed by atoms with Gasteiger partial charge < -0.3 is 10.0 Å². The minimum Gasteiger partial charge on any atom is -0.481 e. The van der Waals surface area contributed by atoms with Gasteiger partial charge in [0.05, 0.1) is 0 Å². The van der Waals surface area contributed by atoms with Crippen molar-refractivity contribution in [2.45, 2.75) is 26.2 Å². The lowest BCUT2D eigenvalue weighted by atomic mass is 10.1. The maximum absolute atomic E-state index is 10.5. The number of halogens is 2. The summed E-state index contributed by atoms with van der Waals surface area (Å²) in [7, 11) is 0. The fourth-order valence-corrected chi connectivity index (χ4v) is 2.91. The Morgan fingerprint density at radius 3 is 2.55 bits per heavy atom. The molecule has 0 radical (unpaired) electrons. The highest BCUT2D eigenvalue weighted by atomic mass is 35.5. The van der Waals surface area contributed by atoms with Gasteiger partial charge in [0.15, 0.2) is 0 Å². The first-order chi connectivity index (χ1) is 10.1. The molecule has 0 unspecified atom stereocenters. The molecule has 1 aliphatic heterocycles. The average molecular weight is 347 g/mol. The van der Waals surface area contributed by atoms with Gasteiger partial charge >= 0.3 is 5.97 Å². The second-order valence-electron chi connectivity index (χ2n) is 5.61. The summed E-state index contributed by atoms with van der Waals surface area (Å²) in [6, 6.07) is 6.04. The molecule has 1 N–H and O–H groups in total. The maximum Gasteiger partial charge on any atom is 0.303 e. The van der Waals surface area contributed by atoms with E-state index < -0.39 is 5.97 Å². The molecule has 0 aliphatic carbocycles. The summed E-state index contributed by atoms with van der Waals surface area (Å²) >= 11 is 6.09. The van der Waals surface area contributed by atoms with Crippen LogP contribution in [0.1, 0.15) is 24.8 Å². The molecular weight excluding hydrogens is 323 g/mol. The van der Waals surface area contributed by atoms with E-state index in [1.165, 1.54) is 11.3 Å². The van der Waals surface area contributed by atoms with Crippen LogP contribution >= 0.6 is 24.0 Å². The third-order valence-corrected chi connectivity index (χ3v) is 4.23. The minimum absolute atomic E-state index is 0. The number of piperazine rings is 1. The summed E-state index contributed by atoms with van der Waals surface area (Å²) in [6.45, 7) is 7.16. The van der Waals surface area contributed by atoms with E-state index in [4.69, 9.17) is 16.7 Å². The van der Waals surface area contributed by atoms with Gasteiger partial charge in [-0.3, -0.25) is 9.69 Å². The number of rotatable bonds is 6. The number of aryl methyl sites for hydroxylation is 1. The van der Waals surface area contributed by atoms with Gasteiger partial charge in [-0.1, -0.05) is 17.7 Å². The first kappa shape index (κ1) is 19.1. The minimum atomic E-state index is -0.698. The topological polar surface area (TPSA) is 43.8 Å². The van der Waals surface area contributed by atoms with Crippen molar-refractivity contribution in [3.05, 3.63) is 28.8 Å². The van der Waals surface area contributed by atoms with Gasteiger partial charge in [0.2, 0.25) is 0 Å². The first-order valence-corrected chi connectivity index (χ1v) is 7.89. The number of hydrogen-bond donors (Lipinski definition) is 1. The molecule has 124 valence electrons. The molecule has 1 aromatic rings. The lowest BCUT2D eigenvalue weighted by Crippen LogP contribution is -2.46. The molecule has 0 amide bonds. The van der Waals surface area contributed by atoms with Crippen LogP contribution in [0.25, 0.3) is 0 Å². The maximum atomic E-state index is 10.5. The first-order valence-electron chi connectivity index (χ1n) is 7.51. The van der Waals surface area contributed by atoms with Gasteiger partial charge in [0, 0.05) is 43.3 Å². The van der Waals surface area contributed by atoms with Crippen molar-refractivity contribution >= 4 is 35.7 Å². The second-order valence-corrected chi connectivity index (χ2v) is 6.05. The molecular formula is C16H24Cl2N2O2. The molecule has 4 nitrogen and oxygen atoms in total. The Morgan fingerprint density at radius 1 is 1.23 bits per heavy atom. The molecule has 0 aromatic heterocycles. The molecule has 0 atom stereocenters. The molecule has 2 rings (SSSR count). The Labute approximate surface area is 143 Å². The third kappa shape index (κ3) is 5.67. The number of benzene rings is 1. The van der Waals surface area contributed by atoms with Gasteiger partial charge in [-0.25, -0.2) is 0 Å². The van der Waals surface area contributed by atoms with Gasteiger partial charge in [0.1, 0.15) is 0 Å². The van der Waals surface area contributed by atoms with Crippen LogP contribution in [-0.4, -0.2) is 48.7 Å². The van der Waals surface area contributed by atoms with Crippen molar-refractivity contribution < 1.29 is 9.90 Å². The Morgan fingerprint density at radius 2 is 1.91 bits per heavy atom. The fraction of sp³-hybridized carbons (Fsp3) is 0.562. The van der Waals surface area contributed by atoms with E-state index >= 15 is 0 Å². The molecule has 1 saturated heterocycles. The monoisotopic (exact) mass is 346 g/mol. The van der Waals surface area contributed by atoms with E-state index in [-0.39, 0.29) is 18.8 Å². The predicted octanol–water partition coefficient (Wildman–Crippen LogP) is 3.45. The van der Waals surface area contributed by atoms with Crippen molar-refractivity contribution in [3.63, 3.8) is 0 Å². The van der Waals surface area contributed by atoms with Crippen LogP contribution in [0.15, 0.2) is 18.2 Å². The fourth-order valence-electron chi connectivity index (χ4n) is 2.75. The van der Waals surface area contributed by atoms with Crippen molar-refractivity contribution in [3.8, 4) is 0 Å². The number of carboxylic acids is 1. The molecule has 6 heteroatoms. The van der Waals surface area contributed by atoms with Crippen molar-refractivity contribution in [1.29, 1.82) is 0 Å². The summed E-state index contributed by atoms with van der Waals surface area (Å²) in [6.07, 6.45) is 2.01. The van der Waals surface area contributed by atoms with Crippen LogP contribution in [0, 0.1) is 6.92 Å². The SMILES string of the molecule is Cc1ccc(Cl)cc1N1CCN(CCCCC(=O)O)CC1.Cl. The normalized spacial score (nSPS) is 15.5. The standard InChI is InChI=1S/C16H23ClN2O2.ClH/c1-13-5-6-14(17)12-15(13)19-10-8-18(9-11-19)7-3-2-4-16(20)21;/h5-6,12H,2-4,7-11H2,1H3,(H,20,21);1H. The smallest absolute Gasteiger partial charge is 0.303 e. The number of anilines is 1. The molecule has 0 spiro atoms. The molecule has 1 aromatic carbocycles. The van der Waals surface area contributed by atoms with Gasteiger partial charge in [0.25, 0.3) is 0 Å². The van der Waals surface area contributed by atoms with Gasteiger partial charge in [-0.2, -0.15) is 0 Å². The Balaban J connectivity index is 0.00000242. The quantitative estimate of drug-likeness (QED) is 0.801. The zero-order valence-corrected chi connectivity index (χ0v) is 14.5. The molecule has 1 heterocycles. The zero-order chi connectivity index (χ0) is 15.2. The summed E-state index contributed by atoms with van der Waals surface area (Å²) in [5, 5.41) is 9.41.